The Kier molecular flexibility index (Phi) is 32.5. The molecule has 0 aliphatic carbocycles. The van der Waals surface area contributed by atoms with Gasteiger partial charge in [-0.1, -0.05) is 156 Å². The fourth-order valence-corrected chi connectivity index (χ4v) is 6.52. The maximum absolute atomic E-state index is 12.7. The first-order valence-corrected chi connectivity index (χ1v) is 20.2. The van der Waals surface area contributed by atoms with Crippen molar-refractivity contribution in [1.29, 1.82) is 0 Å². The van der Waals surface area contributed by atoms with Crippen LogP contribution < -0.4 is 11.5 Å². The van der Waals surface area contributed by atoms with Crippen LogP contribution in [-0.4, -0.2) is 60.9 Å². The molecule has 0 aromatic carbocycles. The van der Waals surface area contributed by atoms with Gasteiger partial charge in [0.2, 0.25) is 11.8 Å². The lowest BCUT2D eigenvalue weighted by atomic mass is 9.99. The summed E-state index contributed by atoms with van der Waals surface area (Å²) in [6.45, 7) is 14.7. The highest BCUT2D eigenvalue weighted by Crippen LogP contribution is 2.17. The lowest BCUT2D eigenvalue weighted by Gasteiger charge is -2.25. The summed E-state index contributed by atoms with van der Waals surface area (Å²) >= 11 is 0. The van der Waals surface area contributed by atoms with E-state index in [4.69, 9.17) is 11.5 Å². The van der Waals surface area contributed by atoms with Gasteiger partial charge in [-0.15, -0.1) is 0 Å². The summed E-state index contributed by atoms with van der Waals surface area (Å²) in [5, 5.41) is 0. The standard InChI is InChI=1S/C40H80N4O2/c1-5-9-13-17-21-25-31-43(32-26-22-18-14-10-6-2)35-29-37(39(41)45)38(40(42)46)30-36-44(33-27-23-19-15-11-7-3)34-28-24-20-16-12-8-4/h5-36H2,1-4H3,(H2,41,45)(H2,42,46)/b38-37+. The normalized spacial score (nSPS) is 12.3. The largest absolute Gasteiger partial charge is 0.366 e. The van der Waals surface area contributed by atoms with Crippen molar-refractivity contribution in [3.8, 4) is 0 Å². The van der Waals surface area contributed by atoms with Crippen LogP contribution in [0.3, 0.4) is 0 Å². The number of rotatable bonds is 36. The number of nitrogens with two attached hydrogens (primary N) is 2. The predicted octanol–water partition coefficient (Wildman–Crippen LogP) is 10.1. The van der Waals surface area contributed by atoms with E-state index in [1.807, 2.05) is 0 Å². The molecule has 0 unspecified atom stereocenters. The first kappa shape index (κ1) is 44.6. The highest BCUT2D eigenvalue weighted by molar-refractivity contribution is 6.03. The van der Waals surface area contributed by atoms with E-state index in [0.717, 1.165) is 39.3 Å². The molecule has 0 spiro atoms. The summed E-state index contributed by atoms with van der Waals surface area (Å²) in [7, 11) is 0. The van der Waals surface area contributed by atoms with E-state index in [2.05, 4.69) is 37.5 Å². The number of hydrogen-bond donors (Lipinski definition) is 2. The van der Waals surface area contributed by atoms with E-state index in [1.54, 1.807) is 0 Å². The van der Waals surface area contributed by atoms with Gasteiger partial charge < -0.3 is 21.3 Å². The van der Waals surface area contributed by atoms with Gasteiger partial charge in [0.25, 0.3) is 0 Å². The van der Waals surface area contributed by atoms with Crippen molar-refractivity contribution in [3.05, 3.63) is 11.1 Å². The molecule has 0 heterocycles. The molecule has 0 aliphatic heterocycles. The molecule has 0 rings (SSSR count). The maximum atomic E-state index is 12.7. The van der Waals surface area contributed by atoms with Crippen LogP contribution in [0.25, 0.3) is 0 Å². The van der Waals surface area contributed by atoms with Gasteiger partial charge in [-0.05, 0) is 64.7 Å². The second-order valence-corrected chi connectivity index (χ2v) is 13.9. The van der Waals surface area contributed by atoms with Crippen molar-refractivity contribution in [2.45, 2.75) is 195 Å². The SMILES string of the molecule is CCCCCCCCN(CCCCCCCC)CC/C(C(N)=O)=C(/CCN(CCCCCCCC)CCCCCCCC)C(N)=O. The van der Waals surface area contributed by atoms with Gasteiger partial charge in [0.1, 0.15) is 0 Å². The summed E-state index contributed by atoms with van der Waals surface area (Å²) in [6, 6.07) is 0. The fourth-order valence-electron chi connectivity index (χ4n) is 6.52. The average molecular weight is 649 g/mol. The number of nitrogens with zero attached hydrogens (tertiary/aromatic N) is 2. The molecule has 0 radical (unpaired) electrons. The van der Waals surface area contributed by atoms with Crippen molar-refractivity contribution in [1.82, 2.24) is 9.80 Å². The zero-order chi connectivity index (χ0) is 34.1. The molecule has 4 N–H and O–H groups in total. The second kappa shape index (κ2) is 33.5. The van der Waals surface area contributed by atoms with Crippen LogP contribution in [-0.2, 0) is 9.59 Å². The number of amides is 2. The Hall–Kier alpha value is -1.40. The minimum Gasteiger partial charge on any atom is -0.366 e. The van der Waals surface area contributed by atoms with Gasteiger partial charge in [-0.25, -0.2) is 0 Å². The van der Waals surface area contributed by atoms with Crippen molar-refractivity contribution >= 4 is 11.8 Å². The topological polar surface area (TPSA) is 92.7 Å². The van der Waals surface area contributed by atoms with Crippen molar-refractivity contribution in [2.24, 2.45) is 11.5 Å². The third-order valence-electron chi connectivity index (χ3n) is 9.63. The van der Waals surface area contributed by atoms with Crippen LogP contribution in [0.2, 0.25) is 0 Å². The third kappa shape index (κ3) is 26.6. The van der Waals surface area contributed by atoms with Crippen LogP contribution in [0, 0.1) is 0 Å². The summed E-state index contributed by atoms with van der Waals surface area (Å²) in [5.41, 5.74) is 12.8. The molecule has 0 bridgehead atoms. The van der Waals surface area contributed by atoms with Gasteiger partial charge in [0, 0.05) is 24.2 Å². The van der Waals surface area contributed by atoms with Crippen LogP contribution in [0.5, 0.6) is 0 Å². The molecular weight excluding hydrogens is 568 g/mol. The van der Waals surface area contributed by atoms with Crippen LogP contribution in [0.4, 0.5) is 0 Å². The second-order valence-electron chi connectivity index (χ2n) is 13.9. The van der Waals surface area contributed by atoms with Crippen LogP contribution in [0.1, 0.15) is 195 Å². The molecule has 272 valence electrons. The lowest BCUT2D eigenvalue weighted by molar-refractivity contribution is -0.117. The van der Waals surface area contributed by atoms with Crippen molar-refractivity contribution in [2.75, 3.05) is 39.3 Å². The predicted molar refractivity (Wildman–Crippen MR) is 201 cm³/mol. The Labute approximate surface area is 287 Å². The molecule has 0 atom stereocenters. The summed E-state index contributed by atoms with van der Waals surface area (Å²) in [6.07, 6.45) is 31.6. The minimum atomic E-state index is -0.480. The van der Waals surface area contributed by atoms with Gasteiger partial charge in [0.15, 0.2) is 0 Å². The Bertz CT molecular complexity index is 647. The lowest BCUT2D eigenvalue weighted by Crippen LogP contribution is -2.32. The first-order valence-electron chi connectivity index (χ1n) is 20.2. The third-order valence-corrected chi connectivity index (χ3v) is 9.63. The number of carbonyl (C=O) groups is 2. The van der Waals surface area contributed by atoms with E-state index < -0.39 is 11.8 Å². The monoisotopic (exact) mass is 649 g/mol. The number of carbonyl (C=O) groups excluding carboxylic acids is 2. The number of unbranched alkanes of at least 4 members (excludes halogenated alkanes) is 20. The van der Waals surface area contributed by atoms with Crippen LogP contribution >= 0.6 is 0 Å². The quantitative estimate of drug-likeness (QED) is 0.0522. The molecule has 0 saturated heterocycles. The van der Waals surface area contributed by atoms with E-state index >= 15 is 0 Å². The molecule has 6 heteroatoms. The van der Waals surface area contributed by atoms with E-state index in [9.17, 15) is 9.59 Å². The smallest absolute Gasteiger partial charge is 0.245 e. The zero-order valence-electron chi connectivity index (χ0n) is 31.5. The molecule has 0 saturated carbocycles. The summed E-state index contributed by atoms with van der Waals surface area (Å²) < 4.78 is 0. The fraction of sp³-hybridized carbons (Fsp3) is 0.900. The number of hydrogen-bond acceptors (Lipinski definition) is 4. The van der Waals surface area contributed by atoms with E-state index in [-0.39, 0.29) is 0 Å². The highest BCUT2D eigenvalue weighted by Gasteiger charge is 2.20. The van der Waals surface area contributed by atoms with Crippen molar-refractivity contribution < 1.29 is 9.59 Å². The molecule has 46 heavy (non-hydrogen) atoms. The van der Waals surface area contributed by atoms with Gasteiger partial charge in [-0.3, -0.25) is 9.59 Å². The zero-order valence-corrected chi connectivity index (χ0v) is 31.5. The van der Waals surface area contributed by atoms with Gasteiger partial charge >= 0.3 is 0 Å². The van der Waals surface area contributed by atoms with E-state index in [0.29, 0.717) is 24.0 Å². The van der Waals surface area contributed by atoms with Crippen molar-refractivity contribution in [3.63, 3.8) is 0 Å². The Balaban J connectivity index is 5.37. The minimum absolute atomic E-state index is 0.461. The molecular formula is C40H80N4O2. The molecule has 0 aromatic rings. The summed E-state index contributed by atoms with van der Waals surface area (Å²) in [4.78, 5) is 30.5. The molecule has 0 fully saturated rings. The van der Waals surface area contributed by atoms with Gasteiger partial charge in [0.05, 0.1) is 0 Å². The van der Waals surface area contributed by atoms with E-state index in [1.165, 1.54) is 154 Å². The average Bonchev–Trinajstić information content (AvgIpc) is 3.03. The first-order chi connectivity index (χ1) is 22.4. The molecule has 6 nitrogen and oxygen atoms in total. The Morgan fingerprint density at radius 2 is 0.565 bits per heavy atom. The molecule has 2 amide bonds. The number of primary amides is 2. The van der Waals surface area contributed by atoms with Gasteiger partial charge in [-0.2, -0.15) is 0 Å². The van der Waals surface area contributed by atoms with Crippen LogP contribution in [0.15, 0.2) is 11.1 Å². The Morgan fingerprint density at radius 3 is 0.783 bits per heavy atom. The Morgan fingerprint density at radius 1 is 0.348 bits per heavy atom. The highest BCUT2D eigenvalue weighted by atomic mass is 16.2. The maximum Gasteiger partial charge on any atom is 0.245 e. The molecule has 0 aromatic heterocycles. The molecule has 0 aliphatic rings. The summed E-state index contributed by atoms with van der Waals surface area (Å²) in [5.74, 6) is -0.961.